The highest BCUT2D eigenvalue weighted by atomic mass is 32.2. The van der Waals surface area contributed by atoms with Gasteiger partial charge in [0.15, 0.2) is 15.7 Å². The summed E-state index contributed by atoms with van der Waals surface area (Å²) in [7, 11) is -8.20. The van der Waals surface area contributed by atoms with Crippen LogP contribution in [0.3, 0.4) is 0 Å². The molecule has 0 bridgehead atoms. The monoisotopic (exact) mass is 653 g/mol. The maximum atomic E-state index is 12.2. The molecule has 0 aliphatic carbocycles. The number of sulfone groups is 1. The van der Waals surface area contributed by atoms with Gasteiger partial charge >= 0.3 is 0 Å². The van der Waals surface area contributed by atoms with Gasteiger partial charge in [0.2, 0.25) is 0 Å². The van der Waals surface area contributed by atoms with Crippen LogP contribution in [0, 0.1) is 13.8 Å². The molecule has 0 saturated carbocycles. The Bertz CT molecular complexity index is 1700. The molecule has 0 aliphatic heterocycles. The molecule has 3 rings (SSSR count). The van der Waals surface area contributed by atoms with E-state index in [0.717, 1.165) is 6.07 Å². The average molecular weight is 654 g/mol. The third-order valence-corrected chi connectivity index (χ3v) is 8.93. The second-order valence-electron chi connectivity index (χ2n) is 8.97. The highest BCUT2D eigenvalue weighted by Crippen LogP contribution is 2.36. The van der Waals surface area contributed by atoms with Crippen molar-refractivity contribution in [2.24, 2.45) is 20.5 Å². The van der Waals surface area contributed by atoms with Crippen molar-refractivity contribution in [2.45, 2.75) is 23.6 Å². The Morgan fingerprint density at radius 1 is 0.791 bits per heavy atom. The lowest BCUT2D eigenvalue weighted by Crippen LogP contribution is -2.21. The number of pyridine rings is 1. The summed E-state index contributed by atoms with van der Waals surface area (Å²) < 4.78 is 67.2. The van der Waals surface area contributed by atoms with Crippen molar-refractivity contribution in [3.63, 3.8) is 0 Å². The van der Waals surface area contributed by atoms with E-state index in [2.05, 4.69) is 36.1 Å². The Morgan fingerprint density at radius 3 is 2.07 bits per heavy atom. The summed E-state index contributed by atoms with van der Waals surface area (Å²) in [6.07, 6.45) is 0. The van der Waals surface area contributed by atoms with Crippen LogP contribution >= 0.6 is 12.0 Å². The second kappa shape index (κ2) is 15.3. The molecule has 232 valence electrons. The molecule has 0 spiro atoms. The minimum absolute atomic E-state index is 0.0321. The van der Waals surface area contributed by atoms with Crippen molar-refractivity contribution in [1.82, 2.24) is 4.98 Å². The highest BCUT2D eigenvalue weighted by molar-refractivity contribution is 7.93. The molecule has 0 fully saturated rings. The van der Waals surface area contributed by atoms with Crippen molar-refractivity contribution in [2.75, 3.05) is 48.4 Å². The largest absolute Gasteiger partial charge is 0.395 e. The van der Waals surface area contributed by atoms with Gasteiger partial charge in [-0.3, -0.25) is 4.55 Å². The van der Waals surface area contributed by atoms with Gasteiger partial charge in [-0.15, -0.1) is 10.2 Å². The van der Waals surface area contributed by atoms with Gasteiger partial charge in [-0.1, -0.05) is 0 Å². The lowest BCUT2D eigenvalue weighted by atomic mass is 10.1. The van der Waals surface area contributed by atoms with Crippen LogP contribution in [0.15, 0.2) is 72.7 Å². The fraction of sp³-hybridized carbons (Fsp3) is 0.320. The topological polar surface area (TPSA) is 236 Å². The van der Waals surface area contributed by atoms with Crippen LogP contribution in [0.5, 0.6) is 0 Å². The first-order valence-corrected chi connectivity index (χ1v) is 16.7. The number of aromatic nitrogens is 1. The Labute approximate surface area is 253 Å². The first kappa shape index (κ1) is 34.0. The molecule has 0 amide bonds. The van der Waals surface area contributed by atoms with E-state index in [4.69, 9.17) is 9.66 Å². The number of aliphatic hydroxyl groups excluding tert-OH is 2. The van der Waals surface area contributed by atoms with Crippen LogP contribution in [0.1, 0.15) is 11.1 Å². The first-order valence-electron chi connectivity index (χ1n) is 12.7. The zero-order chi connectivity index (χ0) is 31.6. The van der Waals surface area contributed by atoms with Gasteiger partial charge in [0.1, 0.15) is 22.1 Å². The molecule has 3 aromatic rings. The highest BCUT2D eigenvalue weighted by Gasteiger charge is 2.19. The second-order valence-corrected chi connectivity index (χ2v) is 13.3. The molecule has 43 heavy (non-hydrogen) atoms. The fourth-order valence-corrected chi connectivity index (χ4v) is 5.38. The van der Waals surface area contributed by atoms with Crippen LogP contribution in [-0.4, -0.2) is 78.9 Å². The zero-order valence-corrected chi connectivity index (χ0v) is 25.6. The average Bonchev–Trinajstić information content (AvgIpc) is 2.96. The van der Waals surface area contributed by atoms with E-state index >= 15 is 0 Å². The molecular weight excluding hydrogens is 623 g/mol. The van der Waals surface area contributed by atoms with Crippen LogP contribution in [0.2, 0.25) is 0 Å². The van der Waals surface area contributed by atoms with Gasteiger partial charge < -0.3 is 25.4 Å². The number of benzene rings is 2. The molecule has 1 aromatic heterocycles. The molecule has 1 heterocycles. The van der Waals surface area contributed by atoms with E-state index in [0.29, 0.717) is 39.6 Å². The number of nitrogens with one attached hydrogen (secondary N) is 2. The Hall–Kier alpha value is -3.52. The minimum Gasteiger partial charge on any atom is -0.395 e. The summed E-state index contributed by atoms with van der Waals surface area (Å²) in [6.45, 7) is 2.86. The number of nitrogens with zero attached hydrogens (tertiary/aromatic N) is 5. The number of hydrogen-bond acceptors (Lipinski definition) is 15. The van der Waals surface area contributed by atoms with Gasteiger partial charge in [0, 0.05) is 30.0 Å². The molecular formula is C25H31N7O8S3. The third kappa shape index (κ3) is 9.75. The van der Waals surface area contributed by atoms with Crippen LogP contribution in [0.4, 0.5) is 34.4 Å². The molecule has 0 unspecified atom stereocenters. The molecule has 6 N–H and O–H groups in total. The van der Waals surface area contributed by atoms with Gasteiger partial charge in [-0.25, -0.2) is 13.4 Å². The van der Waals surface area contributed by atoms with Crippen LogP contribution in [-0.2, 0) is 20.0 Å². The predicted molar refractivity (Wildman–Crippen MR) is 163 cm³/mol. The standard InChI is InChI=1S/C25H31N7O8S3/c1-16-17(2)24(27-10-13-42(36,37)14-12-34)28-25(26-9-11-33)23(16)32-31-21-8-5-19(15-22(21)43(38,39)40)30-29-18-3-6-20(41-35)7-4-18/h3-8,15,33-35H,9-14H2,1-2H3,(H2,26,27,28)(H,38,39,40). The van der Waals surface area contributed by atoms with Crippen molar-refractivity contribution in [3.05, 3.63) is 53.6 Å². The van der Waals surface area contributed by atoms with Gasteiger partial charge in [0.05, 0.1) is 36.1 Å². The number of rotatable bonds is 15. The Balaban J connectivity index is 1.94. The van der Waals surface area contributed by atoms with E-state index in [9.17, 15) is 26.5 Å². The van der Waals surface area contributed by atoms with E-state index in [-0.39, 0.29) is 54.1 Å². The molecule has 2 aromatic carbocycles. The van der Waals surface area contributed by atoms with Crippen molar-refractivity contribution in [3.8, 4) is 0 Å². The van der Waals surface area contributed by atoms with Crippen molar-refractivity contribution < 1.29 is 36.2 Å². The van der Waals surface area contributed by atoms with E-state index in [1.807, 2.05) is 0 Å². The quantitative estimate of drug-likeness (QED) is 0.0752. The molecule has 0 atom stereocenters. The molecule has 0 radical (unpaired) electrons. The van der Waals surface area contributed by atoms with Crippen LogP contribution in [0.25, 0.3) is 0 Å². The third-order valence-electron chi connectivity index (χ3n) is 5.93. The summed E-state index contributed by atoms with van der Waals surface area (Å²) in [5.41, 5.74) is 1.78. The van der Waals surface area contributed by atoms with Gasteiger partial charge in [-0.2, -0.15) is 18.6 Å². The Kier molecular flexibility index (Phi) is 12.1. The van der Waals surface area contributed by atoms with E-state index < -0.39 is 31.5 Å². The van der Waals surface area contributed by atoms with Crippen LogP contribution < -0.4 is 10.6 Å². The fourth-order valence-electron chi connectivity index (χ4n) is 3.59. The molecule has 15 nitrogen and oxygen atoms in total. The minimum atomic E-state index is -4.75. The maximum absolute atomic E-state index is 12.2. The summed E-state index contributed by atoms with van der Waals surface area (Å²) in [5, 5.41) is 40.4. The lowest BCUT2D eigenvalue weighted by Gasteiger charge is -2.16. The molecule has 0 aliphatic rings. The Morgan fingerprint density at radius 2 is 1.44 bits per heavy atom. The van der Waals surface area contributed by atoms with Crippen molar-refractivity contribution >= 4 is 66.4 Å². The van der Waals surface area contributed by atoms with Gasteiger partial charge in [-0.05, 0) is 67.4 Å². The van der Waals surface area contributed by atoms with E-state index in [1.165, 1.54) is 12.1 Å². The molecule has 0 saturated heterocycles. The van der Waals surface area contributed by atoms with Crippen molar-refractivity contribution in [1.29, 1.82) is 0 Å². The lowest BCUT2D eigenvalue weighted by molar-refractivity contribution is 0.311. The number of azo groups is 2. The first-order chi connectivity index (χ1) is 20.4. The predicted octanol–water partition coefficient (Wildman–Crippen LogP) is 4.56. The summed E-state index contributed by atoms with van der Waals surface area (Å²) in [5.74, 6) is -0.0331. The summed E-state index contributed by atoms with van der Waals surface area (Å²) in [4.78, 5) is 4.50. The normalized spacial score (nSPS) is 12.3. The zero-order valence-electron chi connectivity index (χ0n) is 23.2. The van der Waals surface area contributed by atoms with E-state index in [1.54, 1.807) is 38.1 Å². The maximum Gasteiger partial charge on any atom is 0.296 e. The molecule has 18 heteroatoms. The summed E-state index contributed by atoms with van der Waals surface area (Å²) >= 11 is 0.578. The number of aliphatic hydroxyl groups is 2. The smallest absolute Gasteiger partial charge is 0.296 e. The van der Waals surface area contributed by atoms with Gasteiger partial charge in [0.25, 0.3) is 10.1 Å². The SMILES string of the molecule is Cc1c(NCCS(=O)(=O)CCO)nc(NCCO)c(N=Nc2ccc(N=Nc3ccc(SO)cc3)cc2S(=O)(=O)O)c1C. The summed E-state index contributed by atoms with van der Waals surface area (Å²) in [6, 6.07) is 10.3. The number of hydrogen-bond donors (Lipinski definition) is 6. The number of anilines is 2.